The van der Waals surface area contributed by atoms with Gasteiger partial charge in [-0.25, -0.2) is 0 Å². The molecule has 20 heavy (non-hydrogen) atoms. The van der Waals surface area contributed by atoms with Crippen LogP contribution in [0.15, 0.2) is 0 Å². The van der Waals surface area contributed by atoms with Gasteiger partial charge in [0.15, 0.2) is 7.85 Å². The second-order valence-corrected chi connectivity index (χ2v) is 6.85. The molecule has 2 amide bonds. The maximum absolute atomic E-state index is 12.1. The molecule has 1 heterocycles. The first-order valence-corrected chi connectivity index (χ1v) is 8.18. The Morgan fingerprint density at radius 1 is 1.40 bits per heavy atom. The molecule has 0 spiro atoms. The van der Waals surface area contributed by atoms with Crippen LogP contribution in [0.1, 0.15) is 52.4 Å². The molecular formula is C14H22BNO3S. The zero-order valence-corrected chi connectivity index (χ0v) is 13.1. The van der Waals surface area contributed by atoms with Gasteiger partial charge in [0.25, 0.3) is 0 Å². The molecule has 0 aromatic rings. The van der Waals surface area contributed by atoms with Gasteiger partial charge >= 0.3 is 0 Å². The van der Waals surface area contributed by atoms with Crippen LogP contribution in [0.2, 0.25) is 0 Å². The molecule has 1 fully saturated rings. The van der Waals surface area contributed by atoms with E-state index in [1.165, 1.54) is 4.90 Å². The average molecular weight is 295 g/mol. The minimum Gasteiger partial charge on any atom is -0.313 e. The summed E-state index contributed by atoms with van der Waals surface area (Å²) in [7, 11) is 5.06. The van der Waals surface area contributed by atoms with Crippen molar-refractivity contribution in [2.75, 3.05) is 6.54 Å². The lowest BCUT2D eigenvalue weighted by Gasteiger charge is -2.16. The maximum Gasteiger partial charge on any atom is 0.242 e. The zero-order valence-electron chi connectivity index (χ0n) is 12.3. The van der Waals surface area contributed by atoms with Gasteiger partial charge in [-0.15, -0.1) is 11.8 Å². The predicted octanol–water partition coefficient (Wildman–Crippen LogP) is 1.90. The Bertz CT molecular complexity index is 375. The fourth-order valence-electron chi connectivity index (χ4n) is 2.12. The molecule has 2 atom stereocenters. The number of rotatable bonds is 9. The summed E-state index contributed by atoms with van der Waals surface area (Å²) in [5.74, 6) is -0.110. The zero-order chi connectivity index (χ0) is 15.1. The van der Waals surface area contributed by atoms with Crippen LogP contribution < -0.4 is 0 Å². The van der Waals surface area contributed by atoms with Gasteiger partial charge in [-0.2, -0.15) is 0 Å². The van der Waals surface area contributed by atoms with E-state index >= 15 is 0 Å². The molecular weight excluding hydrogens is 273 g/mol. The molecule has 1 saturated heterocycles. The molecule has 0 N–H and O–H groups in total. The first-order valence-electron chi connectivity index (χ1n) is 7.23. The van der Waals surface area contributed by atoms with Crippen LogP contribution in [0, 0.1) is 0 Å². The smallest absolute Gasteiger partial charge is 0.242 e. The summed E-state index contributed by atoms with van der Waals surface area (Å²) < 4.78 is 0. The van der Waals surface area contributed by atoms with Crippen molar-refractivity contribution < 1.29 is 14.4 Å². The largest absolute Gasteiger partial charge is 0.313 e. The van der Waals surface area contributed by atoms with Gasteiger partial charge in [0.1, 0.15) is 0 Å². The quantitative estimate of drug-likeness (QED) is 0.370. The van der Waals surface area contributed by atoms with Crippen LogP contribution in [-0.4, -0.2) is 47.3 Å². The highest BCUT2D eigenvalue weighted by Crippen LogP contribution is 2.29. The van der Waals surface area contributed by atoms with Crippen molar-refractivity contribution in [3.63, 3.8) is 0 Å². The van der Waals surface area contributed by atoms with Crippen molar-refractivity contribution in [3.8, 4) is 0 Å². The molecule has 110 valence electrons. The average Bonchev–Trinajstić information content (AvgIpc) is 2.65. The van der Waals surface area contributed by atoms with E-state index in [9.17, 15) is 14.4 Å². The van der Waals surface area contributed by atoms with Crippen molar-refractivity contribution in [3.05, 3.63) is 0 Å². The second kappa shape index (κ2) is 8.50. The van der Waals surface area contributed by atoms with Gasteiger partial charge in [-0.1, -0.05) is 20.3 Å². The molecule has 1 aliphatic rings. The van der Waals surface area contributed by atoms with Gasteiger partial charge in [-0.05, 0) is 25.7 Å². The number of carbonyl (C=O) groups is 3. The van der Waals surface area contributed by atoms with Crippen LogP contribution in [0.4, 0.5) is 0 Å². The summed E-state index contributed by atoms with van der Waals surface area (Å²) in [5, 5.41) is 0.190. The number of hydrogen-bond acceptors (Lipinski definition) is 4. The number of unbranched alkanes of at least 4 members (excludes halogenated alkanes) is 2. The third-order valence-corrected chi connectivity index (χ3v) is 4.97. The summed E-state index contributed by atoms with van der Waals surface area (Å²) >= 11 is 1.60. The lowest BCUT2D eigenvalue weighted by molar-refractivity contribution is -0.138. The van der Waals surface area contributed by atoms with E-state index in [1.807, 2.05) is 0 Å². The van der Waals surface area contributed by atoms with Gasteiger partial charge in [0, 0.05) is 18.2 Å². The van der Waals surface area contributed by atoms with Crippen molar-refractivity contribution >= 4 is 37.1 Å². The van der Waals surface area contributed by atoms with Crippen LogP contribution in [-0.2, 0) is 14.4 Å². The molecule has 4 nitrogen and oxygen atoms in total. The third-order valence-electron chi connectivity index (χ3n) is 3.48. The highest BCUT2D eigenvalue weighted by molar-refractivity contribution is 8.01. The molecule has 0 bridgehead atoms. The van der Waals surface area contributed by atoms with Crippen molar-refractivity contribution in [2.45, 2.75) is 62.9 Å². The van der Waals surface area contributed by atoms with E-state index in [1.54, 1.807) is 11.8 Å². The van der Waals surface area contributed by atoms with Crippen LogP contribution in [0.25, 0.3) is 0 Å². The van der Waals surface area contributed by atoms with Crippen molar-refractivity contribution in [1.82, 2.24) is 4.90 Å². The van der Waals surface area contributed by atoms with E-state index in [-0.39, 0.29) is 22.7 Å². The molecule has 1 aliphatic heterocycles. The minimum atomic E-state index is -0.302. The van der Waals surface area contributed by atoms with E-state index < -0.39 is 0 Å². The van der Waals surface area contributed by atoms with Crippen molar-refractivity contribution in [1.29, 1.82) is 0 Å². The Morgan fingerprint density at radius 3 is 2.70 bits per heavy atom. The summed E-state index contributed by atoms with van der Waals surface area (Å²) in [5.41, 5.74) is -0.302. The monoisotopic (exact) mass is 295 g/mol. The molecule has 0 aliphatic carbocycles. The summed E-state index contributed by atoms with van der Waals surface area (Å²) in [6, 6.07) is 0. The van der Waals surface area contributed by atoms with Crippen LogP contribution in [0.3, 0.4) is 0 Å². The maximum atomic E-state index is 12.1. The molecule has 0 aromatic heterocycles. The topological polar surface area (TPSA) is 54.5 Å². The lowest BCUT2D eigenvalue weighted by atomic mass is 9.97. The molecule has 6 heteroatoms. The normalized spacial score (nSPS) is 20.5. The van der Waals surface area contributed by atoms with Gasteiger partial charge < -0.3 is 4.79 Å². The van der Waals surface area contributed by atoms with Gasteiger partial charge in [0.05, 0.1) is 10.9 Å². The Labute approximate surface area is 126 Å². The fourth-order valence-corrected chi connectivity index (χ4v) is 3.35. The van der Waals surface area contributed by atoms with Gasteiger partial charge in [0.2, 0.25) is 11.8 Å². The van der Waals surface area contributed by atoms with E-state index in [2.05, 4.69) is 13.8 Å². The number of imide groups is 1. The first-order chi connectivity index (χ1) is 9.45. The molecule has 2 unspecified atom stereocenters. The number of carbonyl (C=O) groups excluding carboxylic acids is 3. The highest BCUT2D eigenvalue weighted by Gasteiger charge is 2.38. The highest BCUT2D eigenvalue weighted by atomic mass is 32.2. The molecule has 0 aromatic carbocycles. The van der Waals surface area contributed by atoms with Crippen LogP contribution in [0.5, 0.6) is 0 Å². The fraction of sp³-hybridized carbons (Fsp3) is 0.786. The second-order valence-electron chi connectivity index (χ2n) is 5.21. The Kier molecular flexibility index (Phi) is 7.34. The standard InChI is InChI=1S/C14H22BNO3S/c1-3-10(2)20-11-9-13(18)16(14(11)19)8-6-4-5-7-12(15)17/h10-11H,3-9H2,1-2H3. The summed E-state index contributed by atoms with van der Waals surface area (Å²) in [4.78, 5) is 36.0. The third kappa shape index (κ3) is 5.31. The number of likely N-dealkylation sites (tertiary alicyclic amines) is 1. The number of nitrogens with zero attached hydrogens (tertiary/aromatic N) is 1. The Morgan fingerprint density at radius 2 is 2.10 bits per heavy atom. The summed E-state index contributed by atoms with van der Waals surface area (Å²) in [6.07, 6.45) is 3.96. The van der Waals surface area contributed by atoms with Crippen LogP contribution >= 0.6 is 11.8 Å². The summed E-state index contributed by atoms with van der Waals surface area (Å²) in [6.45, 7) is 4.62. The Hall–Kier alpha value is -0.775. The first kappa shape index (κ1) is 17.3. The van der Waals surface area contributed by atoms with E-state index in [0.717, 1.165) is 25.7 Å². The number of amides is 2. The number of thioether (sulfide) groups is 1. The van der Waals surface area contributed by atoms with E-state index in [0.29, 0.717) is 24.6 Å². The predicted molar refractivity (Wildman–Crippen MR) is 81.7 cm³/mol. The minimum absolute atomic E-state index is 0.0461. The van der Waals surface area contributed by atoms with Crippen molar-refractivity contribution in [2.24, 2.45) is 0 Å². The van der Waals surface area contributed by atoms with Gasteiger partial charge in [-0.3, -0.25) is 14.5 Å². The molecule has 2 radical (unpaired) electrons. The molecule has 0 saturated carbocycles. The number of hydrogen-bond donors (Lipinski definition) is 0. The molecule has 1 rings (SSSR count). The Balaban J connectivity index is 2.33. The SMILES string of the molecule is [B]C(=O)CCCCCN1C(=O)CC(SC(C)CC)C1=O. The lowest BCUT2D eigenvalue weighted by Crippen LogP contribution is -2.32. The van der Waals surface area contributed by atoms with E-state index in [4.69, 9.17) is 7.85 Å².